The second-order valence-corrected chi connectivity index (χ2v) is 7.50. The summed E-state index contributed by atoms with van der Waals surface area (Å²) in [6.45, 7) is 0. The van der Waals surface area contributed by atoms with E-state index in [0.717, 1.165) is 16.4 Å². The monoisotopic (exact) mass is 389 g/mol. The lowest BCUT2D eigenvalue weighted by Gasteiger charge is -2.05. The summed E-state index contributed by atoms with van der Waals surface area (Å²) in [4.78, 5) is 17.2. The van der Waals surface area contributed by atoms with Gasteiger partial charge in [0.2, 0.25) is 0 Å². The van der Waals surface area contributed by atoms with Crippen LogP contribution in [0.25, 0.3) is 16.3 Å². The lowest BCUT2D eigenvalue weighted by atomic mass is 10.2. The highest BCUT2D eigenvalue weighted by Gasteiger charge is 2.14. The van der Waals surface area contributed by atoms with Gasteiger partial charge >= 0.3 is 0 Å². The van der Waals surface area contributed by atoms with Gasteiger partial charge in [-0.15, -0.1) is 21.5 Å². The first kappa shape index (κ1) is 16.3. The van der Waals surface area contributed by atoms with Crippen LogP contribution >= 0.6 is 34.7 Å². The van der Waals surface area contributed by atoms with Crippen molar-refractivity contribution >= 4 is 39.7 Å². The number of hydrogen-bond acceptors (Lipinski definition) is 6. The van der Waals surface area contributed by atoms with E-state index in [1.807, 2.05) is 41.3 Å². The number of thioether (sulfide) groups is 1. The smallest absolute Gasteiger partial charge is 0.258 e. The Hall–Kier alpha value is -2.16. The number of rotatable bonds is 4. The van der Waals surface area contributed by atoms with Crippen LogP contribution in [0.1, 0.15) is 5.69 Å². The van der Waals surface area contributed by atoms with Crippen molar-refractivity contribution in [1.82, 2.24) is 24.1 Å². The molecule has 25 heavy (non-hydrogen) atoms. The van der Waals surface area contributed by atoms with Gasteiger partial charge in [0.15, 0.2) is 15.9 Å². The van der Waals surface area contributed by atoms with Crippen molar-refractivity contribution in [2.75, 3.05) is 0 Å². The summed E-state index contributed by atoms with van der Waals surface area (Å²) in [6, 6.07) is 9.08. The molecular weight excluding hydrogens is 378 g/mol. The second kappa shape index (κ2) is 6.62. The lowest BCUT2D eigenvalue weighted by Crippen LogP contribution is -2.12. The van der Waals surface area contributed by atoms with E-state index in [2.05, 4.69) is 15.2 Å². The van der Waals surface area contributed by atoms with Gasteiger partial charge in [-0.1, -0.05) is 35.5 Å². The minimum Gasteiger partial charge on any atom is -0.305 e. The molecule has 3 heterocycles. The minimum atomic E-state index is -0.0726. The van der Waals surface area contributed by atoms with Gasteiger partial charge in [0.05, 0.1) is 10.7 Å². The fourth-order valence-corrected chi connectivity index (χ4v) is 4.18. The van der Waals surface area contributed by atoms with Gasteiger partial charge in [-0.05, 0) is 12.1 Å². The molecule has 126 valence electrons. The molecule has 0 radical (unpaired) electrons. The van der Waals surface area contributed by atoms with E-state index in [9.17, 15) is 4.79 Å². The third-order valence-corrected chi connectivity index (χ3v) is 5.80. The van der Waals surface area contributed by atoms with Gasteiger partial charge in [-0.25, -0.2) is 4.98 Å². The van der Waals surface area contributed by atoms with Gasteiger partial charge in [0.1, 0.15) is 0 Å². The number of aromatic nitrogens is 5. The van der Waals surface area contributed by atoms with E-state index in [0.29, 0.717) is 21.6 Å². The first-order valence-electron chi connectivity index (χ1n) is 7.36. The van der Waals surface area contributed by atoms with Crippen molar-refractivity contribution in [1.29, 1.82) is 0 Å². The highest BCUT2D eigenvalue weighted by atomic mass is 35.5. The van der Waals surface area contributed by atoms with Crippen LogP contribution in [0.15, 0.2) is 51.9 Å². The molecule has 0 saturated heterocycles. The number of halogens is 1. The van der Waals surface area contributed by atoms with Crippen molar-refractivity contribution in [3.8, 4) is 11.4 Å². The highest BCUT2D eigenvalue weighted by Crippen LogP contribution is 2.29. The molecule has 4 aromatic rings. The Morgan fingerprint density at radius 1 is 1.28 bits per heavy atom. The van der Waals surface area contributed by atoms with Crippen LogP contribution in [0.5, 0.6) is 0 Å². The molecule has 0 fully saturated rings. The van der Waals surface area contributed by atoms with Crippen molar-refractivity contribution in [3.63, 3.8) is 0 Å². The van der Waals surface area contributed by atoms with E-state index in [1.165, 1.54) is 27.5 Å². The zero-order chi connectivity index (χ0) is 17.4. The highest BCUT2D eigenvalue weighted by molar-refractivity contribution is 7.98. The van der Waals surface area contributed by atoms with Crippen molar-refractivity contribution < 1.29 is 0 Å². The minimum absolute atomic E-state index is 0.0726. The molecular formula is C16H12ClN5OS2. The Morgan fingerprint density at radius 2 is 2.12 bits per heavy atom. The van der Waals surface area contributed by atoms with Gasteiger partial charge in [-0.3, -0.25) is 9.20 Å². The van der Waals surface area contributed by atoms with Crippen molar-refractivity contribution in [2.24, 2.45) is 7.05 Å². The number of hydrogen-bond donors (Lipinski definition) is 0. The zero-order valence-corrected chi connectivity index (χ0v) is 15.5. The summed E-state index contributed by atoms with van der Waals surface area (Å²) >= 11 is 9.16. The third kappa shape index (κ3) is 3.08. The average Bonchev–Trinajstić information content (AvgIpc) is 3.21. The quantitative estimate of drug-likeness (QED) is 0.500. The van der Waals surface area contributed by atoms with E-state index < -0.39 is 0 Å². The van der Waals surface area contributed by atoms with Crippen LogP contribution in [0.3, 0.4) is 0 Å². The Labute approximate surface area is 156 Å². The van der Waals surface area contributed by atoms with E-state index in [1.54, 1.807) is 12.3 Å². The van der Waals surface area contributed by atoms with Crippen LogP contribution in [-0.4, -0.2) is 24.1 Å². The summed E-state index contributed by atoms with van der Waals surface area (Å²) in [6.07, 6.45) is 1.73. The molecule has 0 atom stereocenters. The largest absolute Gasteiger partial charge is 0.305 e. The van der Waals surface area contributed by atoms with Gasteiger partial charge < -0.3 is 4.57 Å². The standard InChI is InChI=1S/C16H12ClN5OS2/c1-21-14(11-4-2-3-5-12(11)17)19-20-16(21)25-9-10-8-13(23)22-6-7-24-15(22)18-10/h2-8H,9H2,1H3. The molecule has 0 N–H and O–H groups in total. The second-order valence-electron chi connectivity index (χ2n) is 5.28. The number of nitrogens with zero attached hydrogens (tertiary/aromatic N) is 5. The van der Waals surface area contributed by atoms with Crippen LogP contribution in [0.4, 0.5) is 0 Å². The van der Waals surface area contributed by atoms with Gasteiger partial charge in [-0.2, -0.15) is 0 Å². The maximum Gasteiger partial charge on any atom is 0.258 e. The topological polar surface area (TPSA) is 65.1 Å². The normalized spacial score (nSPS) is 11.3. The predicted molar refractivity (Wildman–Crippen MR) is 100 cm³/mol. The summed E-state index contributed by atoms with van der Waals surface area (Å²) in [5, 5.41) is 11.7. The summed E-state index contributed by atoms with van der Waals surface area (Å²) in [7, 11) is 1.89. The number of benzene rings is 1. The number of fused-ring (bicyclic) bond motifs is 1. The molecule has 9 heteroatoms. The first-order chi connectivity index (χ1) is 12.1. The average molecular weight is 390 g/mol. The van der Waals surface area contributed by atoms with E-state index in [4.69, 9.17) is 11.6 Å². The maximum absolute atomic E-state index is 12.0. The van der Waals surface area contributed by atoms with Crippen molar-refractivity contribution in [3.05, 3.63) is 63.0 Å². The Morgan fingerprint density at radius 3 is 2.96 bits per heavy atom. The summed E-state index contributed by atoms with van der Waals surface area (Å²) < 4.78 is 3.43. The van der Waals surface area contributed by atoms with Crippen LogP contribution in [-0.2, 0) is 12.8 Å². The Balaban J connectivity index is 1.59. The molecule has 3 aromatic heterocycles. The van der Waals surface area contributed by atoms with Crippen LogP contribution in [0.2, 0.25) is 5.02 Å². The Kier molecular flexibility index (Phi) is 4.32. The summed E-state index contributed by atoms with van der Waals surface area (Å²) in [5.74, 6) is 1.24. The zero-order valence-electron chi connectivity index (χ0n) is 13.1. The molecule has 4 rings (SSSR count). The van der Waals surface area contributed by atoms with Crippen LogP contribution < -0.4 is 5.56 Å². The molecule has 0 aliphatic heterocycles. The summed E-state index contributed by atoms with van der Waals surface area (Å²) in [5.41, 5.74) is 1.48. The first-order valence-corrected chi connectivity index (χ1v) is 9.60. The third-order valence-electron chi connectivity index (χ3n) is 3.66. The molecule has 6 nitrogen and oxygen atoms in total. The fourth-order valence-electron chi connectivity index (χ4n) is 2.42. The van der Waals surface area contributed by atoms with Crippen molar-refractivity contribution in [2.45, 2.75) is 10.9 Å². The molecule has 0 spiro atoms. The predicted octanol–water partition coefficient (Wildman–Crippen LogP) is 3.50. The van der Waals surface area contributed by atoms with Gasteiger partial charge in [0.25, 0.3) is 5.56 Å². The fraction of sp³-hybridized carbons (Fsp3) is 0.125. The van der Waals surface area contributed by atoms with E-state index in [-0.39, 0.29) is 5.56 Å². The van der Waals surface area contributed by atoms with Crippen LogP contribution in [0, 0.1) is 0 Å². The molecule has 0 saturated carbocycles. The molecule has 0 aliphatic rings. The molecule has 0 aliphatic carbocycles. The molecule has 0 amide bonds. The lowest BCUT2D eigenvalue weighted by molar-refractivity contribution is 0.793. The molecule has 0 unspecified atom stereocenters. The SMILES string of the molecule is Cn1c(SCc2cc(=O)n3ccsc3n2)nnc1-c1ccccc1Cl. The Bertz CT molecular complexity index is 1120. The van der Waals surface area contributed by atoms with Gasteiger partial charge in [0, 0.05) is 36.0 Å². The number of thiazole rings is 1. The molecule has 1 aromatic carbocycles. The molecule has 0 bridgehead atoms. The van der Waals surface area contributed by atoms with E-state index >= 15 is 0 Å². The maximum atomic E-state index is 12.0.